The molecule has 2 rings (SSSR count). The molecule has 0 saturated heterocycles. The normalized spacial score (nSPS) is 10.0. The molecule has 0 unspecified atom stereocenters. The summed E-state index contributed by atoms with van der Waals surface area (Å²) in [5.41, 5.74) is 6.30. The average molecular weight is 371 g/mol. The number of hydrogen-bond acceptors (Lipinski definition) is 6. The quantitative estimate of drug-likeness (QED) is 0.469. The number of carbonyl (C=O) groups excluding carboxylic acids is 3. The summed E-state index contributed by atoms with van der Waals surface area (Å²) in [7, 11) is 0. The molecule has 9 heteroatoms. The molecule has 0 atom stereocenters. The average Bonchev–Trinajstić information content (AvgIpc) is 2.63. The zero-order valence-corrected chi connectivity index (χ0v) is 14.6. The third-order valence-corrected chi connectivity index (χ3v) is 3.45. The molecule has 0 heterocycles. The maximum absolute atomic E-state index is 12.0. The first-order chi connectivity index (χ1) is 12.8. The topological polar surface area (TPSA) is 128 Å². The van der Waals surface area contributed by atoms with E-state index in [1.54, 1.807) is 12.1 Å². The Labute approximate surface area is 154 Å². The second kappa shape index (κ2) is 8.56. The number of rotatable bonds is 5. The Balaban J connectivity index is 1.82. The maximum Gasteiger partial charge on any atom is 0.338 e. The van der Waals surface area contributed by atoms with Gasteiger partial charge >= 0.3 is 5.97 Å². The maximum atomic E-state index is 12.0. The second-order valence-electron chi connectivity index (χ2n) is 5.76. The van der Waals surface area contributed by atoms with Crippen LogP contribution in [0.5, 0.6) is 0 Å². The van der Waals surface area contributed by atoms with Gasteiger partial charge in [0, 0.05) is 17.7 Å². The predicted molar refractivity (Wildman–Crippen MR) is 94.9 cm³/mol. The molecule has 2 N–H and O–H groups in total. The smallest absolute Gasteiger partial charge is 0.338 e. The van der Waals surface area contributed by atoms with Crippen molar-refractivity contribution in [2.24, 2.45) is 0 Å². The predicted octanol–water partition coefficient (Wildman–Crippen LogP) is 1.83. The van der Waals surface area contributed by atoms with Gasteiger partial charge in [-0.25, -0.2) is 4.79 Å². The van der Waals surface area contributed by atoms with Crippen LogP contribution in [0.1, 0.15) is 31.8 Å². The van der Waals surface area contributed by atoms with Crippen molar-refractivity contribution in [1.29, 1.82) is 0 Å². The van der Waals surface area contributed by atoms with Gasteiger partial charge in [0.2, 0.25) is 0 Å². The van der Waals surface area contributed by atoms with Crippen LogP contribution in [0.15, 0.2) is 42.5 Å². The molecule has 0 spiro atoms. The van der Waals surface area contributed by atoms with Gasteiger partial charge < -0.3 is 4.74 Å². The summed E-state index contributed by atoms with van der Waals surface area (Å²) < 4.78 is 4.90. The monoisotopic (exact) mass is 371 g/mol. The Kier molecular flexibility index (Phi) is 6.21. The third kappa shape index (κ3) is 5.63. The molecule has 2 amide bonds. The van der Waals surface area contributed by atoms with Crippen LogP contribution in [0, 0.1) is 24.0 Å². The Morgan fingerprint density at radius 3 is 2.11 bits per heavy atom. The first kappa shape index (κ1) is 19.6. The zero-order chi connectivity index (χ0) is 20.0. The number of non-ortho nitro benzene ring substituents is 1. The number of ether oxygens (including phenoxy) is 1. The summed E-state index contributed by atoms with van der Waals surface area (Å²) >= 11 is 0. The molecule has 0 radical (unpaired) electrons. The molecular weight excluding hydrogens is 354 g/mol. The Hall–Kier alpha value is -3.75. The zero-order valence-electron chi connectivity index (χ0n) is 14.6. The molecule has 0 aromatic heterocycles. The Morgan fingerprint density at radius 2 is 1.56 bits per heavy atom. The molecule has 140 valence electrons. The summed E-state index contributed by atoms with van der Waals surface area (Å²) in [6.45, 7) is 3.10. The van der Waals surface area contributed by atoms with Gasteiger partial charge in [0.15, 0.2) is 6.61 Å². The van der Waals surface area contributed by atoms with Crippen molar-refractivity contribution in [1.82, 2.24) is 10.9 Å². The molecule has 0 aliphatic rings. The van der Waals surface area contributed by atoms with Crippen LogP contribution in [-0.2, 0) is 9.53 Å². The van der Waals surface area contributed by atoms with E-state index in [1.807, 2.05) is 19.9 Å². The highest BCUT2D eigenvalue weighted by atomic mass is 16.6. The van der Waals surface area contributed by atoms with Gasteiger partial charge in [-0.3, -0.25) is 30.6 Å². The van der Waals surface area contributed by atoms with Gasteiger partial charge in [-0.15, -0.1) is 0 Å². The summed E-state index contributed by atoms with van der Waals surface area (Å²) in [5.74, 6) is -2.06. The van der Waals surface area contributed by atoms with E-state index >= 15 is 0 Å². The first-order valence-corrected chi connectivity index (χ1v) is 7.85. The molecule has 2 aromatic carbocycles. The molecule has 2 aromatic rings. The minimum absolute atomic E-state index is 0.119. The number of carbonyl (C=O) groups is 3. The second-order valence-corrected chi connectivity index (χ2v) is 5.76. The van der Waals surface area contributed by atoms with E-state index in [9.17, 15) is 24.5 Å². The number of nitro groups is 1. The molecule has 0 fully saturated rings. The van der Waals surface area contributed by atoms with Crippen LogP contribution >= 0.6 is 0 Å². The van der Waals surface area contributed by atoms with Gasteiger partial charge in [0.25, 0.3) is 17.5 Å². The van der Waals surface area contributed by atoms with Crippen molar-refractivity contribution in [2.45, 2.75) is 13.8 Å². The van der Waals surface area contributed by atoms with Crippen molar-refractivity contribution in [3.63, 3.8) is 0 Å². The van der Waals surface area contributed by atoms with Crippen LogP contribution in [0.25, 0.3) is 0 Å². The lowest BCUT2D eigenvalue weighted by molar-refractivity contribution is -0.384. The van der Waals surface area contributed by atoms with E-state index in [4.69, 9.17) is 4.74 Å². The highest BCUT2D eigenvalue weighted by Crippen LogP contribution is 2.12. The van der Waals surface area contributed by atoms with Crippen LogP contribution in [0.2, 0.25) is 0 Å². The largest absolute Gasteiger partial charge is 0.452 e. The lowest BCUT2D eigenvalue weighted by Crippen LogP contribution is -2.43. The van der Waals surface area contributed by atoms with Gasteiger partial charge in [-0.2, -0.15) is 0 Å². The van der Waals surface area contributed by atoms with Gasteiger partial charge in [-0.1, -0.05) is 17.2 Å². The number of nitrogens with zero attached hydrogens (tertiary/aromatic N) is 1. The summed E-state index contributed by atoms with van der Waals surface area (Å²) in [4.78, 5) is 45.5. The summed E-state index contributed by atoms with van der Waals surface area (Å²) in [6.07, 6.45) is 0. The van der Waals surface area contributed by atoms with Crippen LogP contribution in [0.3, 0.4) is 0 Å². The van der Waals surface area contributed by atoms with Crippen molar-refractivity contribution in [3.05, 3.63) is 74.8 Å². The van der Waals surface area contributed by atoms with E-state index in [0.717, 1.165) is 11.1 Å². The number of esters is 1. The summed E-state index contributed by atoms with van der Waals surface area (Å²) in [6, 6.07) is 10.0. The molecule has 0 aliphatic heterocycles. The van der Waals surface area contributed by atoms with Gasteiger partial charge in [0.05, 0.1) is 10.5 Å². The SMILES string of the molecule is Cc1cc(C)cc(C(=O)OCC(=O)NNC(=O)c2ccc([N+](=O)[O-])cc2)c1. The summed E-state index contributed by atoms with van der Waals surface area (Å²) in [5, 5.41) is 10.6. The highest BCUT2D eigenvalue weighted by Gasteiger charge is 2.13. The number of benzene rings is 2. The number of nitrogens with one attached hydrogen (secondary N) is 2. The van der Waals surface area contributed by atoms with E-state index in [2.05, 4.69) is 10.9 Å². The minimum atomic E-state index is -0.733. The van der Waals surface area contributed by atoms with Crippen molar-refractivity contribution in [3.8, 4) is 0 Å². The van der Waals surface area contributed by atoms with Crippen molar-refractivity contribution < 1.29 is 24.0 Å². The van der Waals surface area contributed by atoms with Crippen molar-refractivity contribution in [2.75, 3.05) is 6.61 Å². The van der Waals surface area contributed by atoms with Crippen LogP contribution < -0.4 is 10.9 Å². The third-order valence-electron chi connectivity index (χ3n) is 3.45. The number of hydrogen-bond donors (Lipinski definition) is 2. The number of nitro benzene ring substituents is 1. The van der Waals surface area contributed by atoms with E-state index < -0.39 is 29.3 Å². The molecule has 0 bridgehead atoms. The van der Waals surface area contributed by atoms with E-state index in [0.29, 0.717) is 5.56 Å². The Morgan fingerprint density at radius 1 is 0.963 bits per heavy atom. The highest BCUT2D eigenvalue weighted by molar-refractivity contribution is 5.96. The number of hydrazine groups is 1. The van der Waals surface area contributed by atoms with Gasteiger partial charge in [-0.05, 0) is 38.1 Å². The van der Waals surface area contributed by atoms with Crippen LogP contribution in [0.4, 0.5) is 5.69 Å². The fourth-order valence-electron chi connectivity index (χ4n) is 2.28. The lowest BCUT2D eigenvalue weighted by Gasteiger charge is -2.09. The molecule has 0 saturated carbocycles. The van der Waals surface area contributed by atoms with Gasteiger partial charge in [0.1, 0.15) is 0 Å². The fraction of sp³-hybridized carbons (Fsp3) is 0.167. The number of aryl methyl sites for hydroxylation is 2. The lowest BCUT2D eigenvalue weighted by atomic mass is 10.1. The number of amides is 2. The first-order valence-electron chi connectivity index (χ1n) is 7.85. The standard InChI is InChI=1S/C18H17N3O6/c1-11-7-12(2)9-14(8-11)18(24)27-10-16(22)19-20-17(23)13-3-5-15(6-4-13)21(25)26/h3-9H,10H2,1-2H3,(H,19,22)(H,20,23). The van der Waals surface area contributed by atoms with Crippen molar-refractivity contribution >= 4 is 23.5 Å². The van der Waals surface area contributed by atoms with Crippen LogP contribution in [-0.4, -0.2) is 29.3 Å². The fourth-order valence-corrected chi connectivity index (χ4v) is 2.28. The molecule has 9 nitrogen and oxygen atoms in total. The molecule has 0 aliphatic carbocycles. The molecular formula is C18H17N3O6. The van der Waals surface area contributed by atoms with E-state index in [-0.39, 0.29) is 11.3 Å². The van der Waals surface area contributed by atoms with E-state index in [1.165, 1.54) is 24.3 Å². The molecule has 27 heavy (non-hydrogen) atoms. The Bertz CT molecular complexity index is 872. The minimum Gasteiger partial charge on any atom is -0.452 e.